The Balaban J connectivity index is 0.000000391. The molecule has 6 heteroatoms. The molecule has 2 rings (SSSR count). The Morgan fingerprint density at radius 2 is 0.964 bits per heavy atom. The number of aromatic carboxylic acids is 2. The van der Waals surface area contributed by atoms with Crippen LogP contribution in [0.1, 0.15) is 47.4 Å². The SMILES string of the molecule is CCCOCCOCCC.O=C(O)c1ccccc1.O=C(O)c1ccccc1. The number of ether oxygens (including phenoxy) is 2. The third-order valence-corrected chi connectivity index (χ3v) is 3.11. The first-order chi connectivity index (χ1) is 13.5. The van der Waals surface area contributed by atoms with Crippen molar-refractivity contribution in [3.63, 3.8) is 0 Å². The molecule has 0 spiro atoms. The van der Waals surface area contributed by atoms with Crippen molar-refractivity contribution in [3.8, 4) is 0 Å². The molecule has 2 aromatic carbocycles. The molecule has 0 heterocycles. The van der Waals surface area contributed by atoms with Crippen molar-refractivity contribution in [2.75, 3.05) is 26.4 Å². The Bertz CT molecular complexity index is 570. The maximum Gasteiger partial charge on any atom is 0.335 e. The maximum absolute atomic E-state index is 10.2. The molecule has 0 bridgehead atoms. The third kappa shape index (κ3) is 14.5. The highest BCUT2D eigenvalue weighted by atomic mass is 16.5. The van der Waals surface area contributed by atoms with Gasteiger partial charge >= 0.3 is 11.9 Å². The van der Waals surface area contributed by atoms with Gasteiger partial charge in [-0.2, -0.15) is 0 Å². The van der Waals surface area contributed by atoms with Crippen LogP contribution >= 0.6 is 0 Å². The van der Waals surface area contributed by atoms with Crippen molar-refractivity contribution in [1.29, 1.82) is 0 Å². The number of carboxylic acid groups (broad SMARTS) is 2. The van der Waals surface area contributed by atoms with Crippen LogP contribution in [0.2, 0.25) is 0 Å². The van der Waals surface area contributed by atoms with Crippen LogP contribution < -0.4 is 0 Å². The molecule has 6 nitrogen and oxygen atoms in total. The van der Waals surface area contributed by atoms with Crippen molar-refractivity contribution in [2.45, 2.75) is 26.7 Å². The zero-order valence-electron chi connectivity index (χ0n) is 16.5. The third-order valence-electron chi connectivity index (χ3n) is 3.11. The van der Waals surface area contributed by atoms with Crippen LogP contribution in [0.25, 0.3) is 0 Å². The van der Waals surface area contributed by atoms with Crippen molar-refractivity contribution in [3.05, 3.63) is 71.8 Å². The van der Waals surface area contributed by atoms with Crippen molar-refractivity contribution < 1.29 is 29.3 Å². The zero-order valence-corrected chi connectivity index (χ0v) is 16.5. The molecule has 28 heavy (non-hydrogen) atoms. The first-order valence-corrected chi connectivity index (χ1v) is 9.25. The van der Waals surface area contributed by atoms with E-state index < -0.39 is 11.9 Å². The van der Waals surface area contributed by atoms with Crippen molar-refractivity contribution >= 4 is 11.9 Å². The molecule has 0 saturated heterocycles. The summed E-state index contributed by atoms with van der Waals surface area (Å²) in [4.78, 5) is 20.4. The lowest BCUT2D eigenvalue weighted by Gasteiger charge is -2.02. The van der Waals surface area contributed by atoms with Gasteiger partial charge in [0.1, 0.15) is 0 Å². The molecular formula is C22H30O6. The van der Waals surface area contributed by atoms with Gasteiger partial charge in [0.25, 0.3) is 0 Å². The number of hydrogen-bond donors (Lipinski definition) is 2. The van der Waals surface area contributed by atoms with Crippen LogP contribution in [0.4, 0.5) is 0 Å². The van der Waals surface area contributed by atoms with Gasteiger partial charge in [-0.15, -0.1) is 0 Å². The Morgan fingerprint density at radius 1 is 0.643 bits per heavy atom. The van der Waals surface area contributed by atoms with E-state index in [0.717, 1.165) is 39.3 Å². The van der Waals surface area contributed by atoms with Gasteiger partial charge in [0.2, 0.25) is 0 Å². The van der Waals surface area contributed by atoms with Crippen LogP contribution in [0.3, 0.4) is 0 Å². The predicted octanol–water partition coefficient (Wildman–Crippen LogP) is 4.61. The fraction of sp³-hybridized carbons (Fsp3) is 0.364. The predicted molar refractivity (Wildman–Crippen MR) is 109 cm³/mol. The van der Waals surface area contributed by atoms with Gasteiger partial charge in [0, 0.05) is 13.2 Å². The number of carboxylic acids is 2. The van der Waals surface area contributed by atoms with Crippen molar-refractivity contribution in [1.82, 2.24) is 0 Å². The summed E-state index contributed by atoms with van der Waals surface area (Å²) in [7, 11) is 0. The lowest BCUT2D eigenvalue weighted by atomic mass is 10.2. The first-order valence-electron chi connectivity index (χ1n) is 9.25. The summed E-state index contributed by atoms with van der Waals surface area (Å²) in [5.41, 5.74) is 0.662. The Morgan fingerprint density at radius 3 is 1.18 bits per heavy atom. The molecule has 0 fully saturated rings. The van der Waals surface area contributed by atoms with Gasteiger partial charge in [-0.25, -0.2) is 9.59 Å². The molecule has 0 saturated carbocycles. The van der Waals surface area contributed by atoms with Crippen LogP contribution in [0.15, 0.2) is 60.7 Å². The average Bonchev–Trinajstić information content (AvgIpc) is 2.73. The number of benzene rings is 2. The Labute approximate surface area is 166 Å². The van der Waals surface area contributed by atoms with Crippen LogP contribution in [0.5, 0.6) is 0 Å². The second-order valence-electron chi connectivity index (χ2n) is 5.57. The van der Waals surface area contributed by atoms with E-state index in [9.17, 15) is 9.59 Å². The minimum absolute atomic E-state index is 0.331. The molecule has 0 amide bonds. The van der Waals surface area contributed by atoms with E-state index >= 15 is 0 Å². The topological polar surface area (TPSA) is 93.1 Å². The first kappa shape index (κ1) is 25.3. The molecule has 0 radical (unpaired) electrons. The fourth-order valence-corrected chi connectivity index (χ4v) is 1.77. The smallest absolute Gasteiger partial charge is 0.335 e. The van der Waals surface area contributed by atoms with Gasteiger partial charge < -0.3 is 19.7 Å². The summed E-state index contributed by atoms with van der Waals surface area (Å²) in [6.45, 7) is 7.41. The van der Waals surface area contributed by atoms with Gasteiger partial charge in [-0.1, -0.05) is 50.2 Å². The van der Waals surface area contributed by atoms with Gasteiger partial charge in [0.15, 0.2) is 0 Å². The Kier molecular flexibility index (Phi) is 16.0. The summed E-state index contributed by atoms with van der Waals surface area (Å²) in [6, 6.07) is 16.6. The quantitative estimate of drug-likeness (QED) is 0.608. The molecular weight excluding hydrogens is 360 g/mol. The Hall–Kier alpha value is -2.70. The van der Waals surface area contributed by atoms with Gasteiger partial charge in [-0.3, -0.25) is 0 Å². The molecule has 0 aliphatic carbocycles. The number of carbonyl (C=O) groups is 2. The molecule has 2 aromatic rings. The summed E-state index contributed by atoms with van der Waals surface area (Å²) in [6.07, 6.45) is 2.18. The summed E-state index contributed by atoms with van der Waals surface area (Å²) >= 11 is 0. The van der Waals surface area contributed by atoms with E-state index in [1.807, 2.05) is 0 Å². The van der Waals surface area contributed by atoms with Crippen LogP contribution in [0, 0.1) is 0 Å². The largest absolute Gasteiger partial charge is 0.478 e. The molecule has 0 aliphatic rings. The molecule has 0 unspecified atom stereocenters. The van der Waals surface area contributed by atoms with Crippen LogP contribution in [-0.2, 0) is 9.47 Å². The molecule has 154 valence electrons. The van der Waals surface area contributed by atoms with Gasteiger partial charge in [-0.05, 0) is 37.1 Å². The maximum atomic E-state index is 10.2. The van der Waals surface area contributed by atoms with Crippen LogP contribution in [-0.4, -0.2) is 48.6 Å². The lowest BCUT2D eigenvalue weighted by molar-refractivity contribution is 0.0483. The highest BCUT2D eigenvalue weighted by Crippen LogP contribution is 1.96. The van der Waals surface area contributed by atoms with E-state index in [4.69, 9.17) is 19.7 Å². The number of hydrogen-bond acceptors (Lipinski definition) is 4. The highest BCUT2D eigenvalue weighted by Gasteiger charge is 1.97. The summed E-state index contributed by atoms with van der Waals surface area (Å²) in [5.74, 6) is -1.76. The minimum Gasteiger partial charge on any atom is -0.478 e. The van der Waals surface area contributed by atoms with Crippen molar-refractivity contribution in [2.24, 2.45) is 0 Å². The zero-order chi connectivity index (χ0) is 21.0. The monoisotopic (exact) mass is 390 g/mol. The average molecular weight is 390 g/mol. The minimum atomic E-state index is -0.879. The summed E-state index contributed by atoms with van der Waals surface area (Å²) < 4.78 is 10.4. The standard InChI is InChI=1S/C8H18O2.2C7H6O2/c1-3-5-9-7-8-10-6-4-2;2*8-7(9)6-4-2-1-3-5-6/h3-8H2,1-2H3;2*1-5H,(H,8,9). The second-order valence-corrected chi connectivity index (χ2v) is 5.57. The highest BCUT2D eigenvalue weighted by molar-refractivity contribution is 5.87. The second kappa shape index (κ2) is 17.7. The van der Waals surface area contributed by atoms with E-state index in [1.165, 1.54) is 0 Å². The van der Waals surface area contributed by atoms with E-state index in [1.54, 1.807) is 60.7 Å². The van der Waals surface area contributed by atoms with E-state index in [-0.39, 0.29) is 0 Å². The molecule has 0 atom stereocenters. The molecule has 2 N–H and O–H groups in total. The van der Waals surface area contributed by atoms with E-state index in [2.05, 4.69) is 13.8 Å². The lowest BCUT2D eigenvalue weighted by Crippen LogP contribution is -2.04. The van der Waals surface area contributed by atoms with E-state index in [0.29, 0.717) is 11.1 Å². The molecule has 0 aromatic heterocycles. The summed E-state index contributed by atoms with van der Waals surface area (Å²) in [5, 5.41) is 16.8. The number of rotatable bonds is 9. The molecule has 0 aliphatic heterocycles. The van der Waals surface area contributed by atoms with Gasteiger partial charge in [0.05, 0.1) is 24.3 Å². The normalized spacial score (nSPS) is 9.36. The fourth-order valence-electron chi connectivity index (χ4n) is 1.77.